The van der Waals surface area contributed by atoms with Crippen LogP contribution in [0.3, 0.4) is 0 Å². The number of halogens is 1. The molecule has 0 spiro atoms. The van der Waals surface area contributed by atoms with Crippen LogP contribution in [0.5, 0.6) is 0 Å². The Kier molecular flexibility index (Phi) is 5.91. The minimum atomic E-state index is -0.566. The highest BCUT2D eigenvalue weighted by atomic mass is 19.1. The molecule has 1 unspecified atom stereocenters. The van der Waals surface area contributed by atoms with Gasteiger partial charge in [-0.3, -0.25) is 4.79 Å². The minimum absolute atomic E-state index is 0.0410. The van der Waals surface area contributed by atoms with Crippen molar-refractivity contribution >= 4 is 11.9 Å². The number of amides is 1. The van der Waals surface area contributed by atoms with Gasteiger partial charge in [0.25, 0.3) is 5.91 Å². The molecule has 144 valence electrons. The van der Waals surface area contributed by atoms with Gasteiger partial charge in [-0.1, -0.05) is 0 Å². The van der Waals surface area contributed by atoms with Gasteiger partial charge >= 0.3 is 5.97 Å². The largest absolute Gasteiger partial charge is 0.452 e. The molecule has 0 radical (unpaired) electrons. The van der Waals surface area contributed by atoms with E-state index in [1.807, 2.05) is 11.5 Å². The zero-order valence-corrected chi connectivity index (χ0v) is 15.5. The Morgan fingerprint density at radius 2 is 2.04 bits per heavy atom. The number of rotatable bonds is 6. The van der Waals surface area contributed by atoms with Gasteiger partial charge in [-0.2, -0.15) is 0 Å². The Morgan fingerprint density at radius 3 is 2.70 bits per heavy atom. The minimum Gasteiger partial charge on any atom is -0.452 e. The smallest absolute Gasteiger partial charge is 0.340 e. The molecule has 1 aliphatic heterocycles. The lowest BCUT2D eigenvalue weighted by atomic mass is 10.2. The summed E-state index contributed by atoms with van der Waals surface area (Å²) in [4.78, 5) is 24.2. The van der Waals surface area contributed by atoms with E-state index in [2.05, 4.69) is 5.32 Å². The Bertz CT molecular complexity index is 823. The molecule has 0 bridgehead atoms. The number of nitrogens with zero attached hydrogens (tertiary/aromatic N) is 1. The predicted molar refractivity (Wildman–Crippen MR) is 97.5 cm³/mol. The van der Waals surface area contributed by atoms with Gasteiger partial charge in [0.15, 0.2) is 6.61 Å². The Morgan fingerprint density at radius 1 is 1.30 bits per heavy atom. The first-order valence-corrected chi connectivity index (χ1v) is 8.96. The van der Waals surface area contributed by atoms with Gasteiger partial charge in [0.1, 0.15) is 5.82 Å². The number of hydrogen-bond donors (Lipinski definition) is 1. The molecule has 27 heavy (non-hydrogen) atoms. The summed E-state index contributed by atoms with van der Waals surface area (Å²) in [7, 11) is 0. The van der Waals surface area contributed by atoms with E-state index < -0.39 is 5.97 Å². The molecule has 0 aliphatic carbocycles. The SMILES string of the molecule is Cc1cc(C(=O)OCC(=O)NCC2CCCO2)c(C)n1-c1ccc(F)cc1. The number of aryl methyl sites for hydroxylation is 1. The molecule has 6 nitrogen and oxygen atoms in total. The fourth-order valence-corrected chi connectivity index (χ4v) is 3.25. The van der Waals surface area contributed by atoms with E-state index in [-0.39, 0.29) is 24.4 Å². The van der Waals surface area contributed by atoms with Crippen LogP contribution >= 0.6 is 0 Å². The monoisotopic (exact) mass is 374 g/mol. The second kappa shape index (κ2) is 8.35. The van der Waals surface area contributed by atoms with Gasteiger partial charge in [-0.15, -0.1) is 0 Å². The van der Waals surface area contributed by atoms with Gasteiger partial charge in [0.05, 0.1) is 11.7 Å². The summed E-state index contributed by atoms with van der Waals surface area (Å²) in [6, 6.07) is 7.71. The first kappa shape index (κ1) is 19.1. The Hall–Kier alpha value is -2.67. The van der Waals surface area contributed by atoms with Crippen LogP contribution in [0.25, 0.3) is 5.69 Å². The van der Waals surface area contributed by atoms with Gasteiger partial charge in [-0.25, -0.2) is 9.18 Å². The van der Waals surface area contributed by atoms with Crippen molar-refractivity contribution in [2.75, 3.05) is 19.8 Å². The van der Waals surface area contributed by atoms with Crippen LogP contribution in [0.2, 0.25) is 0 Å². The van der Waals surface area contributed by atoms with E-state index in [0.717, 1.165) is 30.8 Å². The predicted octanol–water partition coefficient (Wildman–Crippen LogP) is 2.69. The van der Waals surface area contributed by atoms with Crippen molar-refractivity contribution < 1.29 is 23.5 Å². The van der Waals surface area contributed by atoms with Gasteiger partial charge in [-0.05, 0) is 57.0 Å². The molecule has 7 heteroatoms. The van der Waals surface area contributed by atoms with E-state index in [4.69, 9.17) is 9.47 Å². The molecule has 0 saturated carbocycles. The van der Waals surface area contributed by atoms with Gasteiger partial charge in [0, 0.05) is 30.2 Å². The maximum absolute atomic E-state index is 13.1. The van der Waals surface area contributed by atoms with Crippen LogP contribution < -0.4 is 5.32 Å². The maximum Gasteiger partial charge on any atom is 0.340 e. The number of carbonyl (C=O) groups is 2. The zero-order chi connectivity index (χ0) is 19.4. The lowest BCUT2D eigenvalue weighted by Crippen LogP contribution is -2.34. The first-order valence-electron chi connectivity index (χ1n) is 8.96. The number of esters is 1. The van der Waals surface area contributed by atoms with Crippen molar-refractivity contribution in [2.45, 2.75) is 32.8 Å². The van der Waals surface area contributed by atoms with E-state index in [1.54, 1.807) is 25.1 Å². The number of carbonyl (C=O) groups excluding carboxylic acids is 2. The van der Waals surface area contributed by atoms with Crippen molar-refractivity contribution in [3.05, 3.63) is 53.1 Å². The number of aromatic nitrogens is 1. The lowest BCUT2D eigenvalue weighted by Gasteiger charge is -2.11. The van der Waals surface area contributed by atoms with Crippen molar-refractivity contribution in [3.63, 3.8) is 0 Å². The second-order valence-electron chi connectivity index (χ2n) is 6.61. The molecule has 3 rings (SSSR count). The van der Waals surface area contributed by atoms with Crippen LogP contribution in [0.1, 0.15) is 34.6 Å². The fraction of sp³-hybridized carbons (Fsp3) is 0.400. The summed E-state index contributed by atoms with van der Waals surface area (Å²) in [6.07, 6.45) is 1.97. The van der Waals surface area contributed by atoms with Crippen molar-refractivity contribution in [1.82, 2.24) is 9.88 Å². The second-order valence-corrected chi connectivity index (χ2v) is 6.61. The molecule has 1 N–H and O–H groups in total. The molecular formula is C20H23FN2O4. The summed E-state index contributed by atoms with van der Waals surface area (Å²) in [5.74, 6) is -1.25. The average molecular weight is 374 g/mol. The van der Waals surface area contributed by atoms with Gasteiger partial charge in [0.2, 0.25) is 0 Å². The third-order valence-corrected chi connectivity index (χ3v) is 4.62. The van der Waals surface area contributed by atoms with Crippen LogP contribution in [0.4, 0.5) is 4.39 Å². The Labute approximate surface area is 157 Å². The van der Waals surface area contributed by atoms with Crippen molar-refractivity contribution in [2.24, 2.45) is 0 Å². The summed E-state index contributed by atoms with van der Waals surface area (Å²) >= 11 is 0. The summed E-state index contributed by atoms with van der Waals surface area (Å²) < 4.78 is 25.6. The molecular weight excluding hydrogens is 351 g/mol. The van der Waals surface area contributed by atoms with Crippen molar-refractivity contribution in [3.8, 4) is 5.69 Å². The quantitative estimate of drug-likeness (QED) is 0.790. The highest BCUT2D eigenvalue weighted by Crippen LogP contribution is 2.21. The number of ether oxygens (including phenoxy) is 2. The van der Waals surface area contributed by atoms with E-state index in [1.165, 1.54) is 12.1 Å². The number of hydrogen-bond acceptors (Lipinski definition) is 4. The standard InChI is InChI=1S/C20H23FN2O4/c1-13-10-18(14(2)23(13)16-7-5-15(21)6-8-16)20(25)27-12-19(24)22-11-17-4-3-9-26-17/h5-8,10,17H,3-4,9,11-12H2,1-2H3,(H,22,24). The van der Waals surface area contributed by atoms with Crippen molar-refractivity contribution in [1.29, 1.82) is 0 Å². The van der Waals surface area contributed by atoms with Crippen LogP contribution in [0, 0.1) is 19.7 Å². The highest BCUT2D eigenvalue weighted by molar-refractivity contribution is 5.93. The highest BCUT2D eigenvalue weighted by Gasteiger charge is 2.20. The number of nitrogens with one attached hydrogen (secondary N) is 1. The molecule has 2 aromatic rings. The summed E-state index contributed by atoms with van der Waals surface area (Å²) in [6.45, 7) is 4.44. The molecule has 1 fully saturated rings. The molecule has 1 aromatic carbocycles. The summed E-state index contributed by atoms with van der Waals surface area (Å²) in [5.41, 5.74) is 2.61. The van der Waals surface area contributed by atoms with Crippen LogP contribution in [0.15, 0.2) is 30.3 Å². The molecule has 1 aliphatic rings. The molecule has 2 heterocycles. The lowest BCUT2D eigenvalue weighted by molar-refractivity contribution is -0.124. The third kappa shape index (κ3) is 4.54. The Balaban J connectivity index is 1.60. The molecule has 1 aromatic heterocycles. The van der Waals surface area contributed by atoms with E-state index >= 15 is 0 Å². The summed E-state index contributed by atoms with van der Waals surface area (Å²) in [5, 5.41) is 2.71. The molecule has 1 amide bonds. The van der Waals surface area contributed by atoms with Gasteiger partial charge < -0.3 is 19.4 Å². The van der Waals surface area contributed by atoms with Crippen LogP contribution in [-0.4, -0.2) is 42.3 Å². The van der Waals surface area contributed by atoms with Crippen LogP contribution in [-0.2, 0) is 14.3 Å². The molecule has 1 saturated heterocycles. The normalized spacial score (nSPS) is 16.3. The fourth-order valence-electron chi connectivity index (χ4n) is 3.25. The first-order chi connectivity index (χ1) is 13.0. The maximum atomic E-state index is 13.1. The third-order valence-electron chi connectivity index (χ3n) is 4.62. The average Bonchev–Trinajstić information content (AvgIpc) is 3.27. The number of benzene rings is 1. The zero-order valence-electron chi connectivity index (χ0n) is 15.5. The van der Waals surface area contributed by atoms with E-state index in [9.17, 15) is 14.0 Å². The molecule has 1 atom stereocenters. The topological polar surface area (TPSA) is 69.6 Å². The van der Waals surface area contributed by atoms with E-state index in [0.29, 0.717) is 17.8 Å².